The molecule has 1 unspecified atom stereocenters. The van der Waals surface area contributed by atoms with Crippen LogP contribution in [0.2, 0.25) is 0 Å². The molecule has 0 spiro atoms. The van der Waals surface area contributed by atoms with Gasteiger partial charge in [-0.25, -0.2) is 23.1 Å². The van der Waals surface area contributed by atoms with Gasteiger partial charge in [-0.05, 0) is 61.8 Å². The smallest absolute Gasteiger partial charge is 0.264 e. The first-order valence-corrected chi connectivity index (χ1v) is 11.5. The van der Waals surface area contributed by atoms with E-state index in [4.69, 9.17) is 0 Å². The topological polar surface area (TPSA) is 104 Å². The molecule has 2 N–H and O–H groups in total. The van der Waals surface area contributed by atoms with Gasteiger partial charge in [0.05, 0.1) is 4.90 Å². The second-order valence-electron chi connectivity index (χ2n) is 7.25. The Morgan fingerprint density at radius 2 is 1.55 bits per heavy atom. The van der Waals surface area contributed by atoms with Crippen molar-refractivity contribution in [3.63, 3.8) is 0 Å². The highest BCUT2D eigenvalue weighted by Gasteiger charge is 2.29. The highest BCUT2D eigenvalue weighted by Crippen LogP contribution is 2.27. The number of nitrogens with one attached hydrogen (secondary N) is 2. The molecule has 31 heavy (non-hydrogen) atoms. The quantitative estimate of drug-likeness (QED) is 0.589. The van der Waals surface area contributed by atoms with Crippen LogP contribution in [0.25, 0.3) is 0 Å². The molecule has 0 saturated carbocycles. The number of rotatable bonds is 7. The average Bonchev–Trinajstić information content (AvgIpc) is 3.30. The molecular formula is C22H23N5O3S. The van der Waals surface area contributed by atoms with Crippen LogP contribution in [0.3, 0.4) is 0 Å². The lowest BCUT2D eigenvalue weighted by molar-refractivity contribution is -0.121. The lowest BCUT2D eigenvalue weighted by Crippen LogP contribution is -2.35. The first-order valence-electron chi connectivity index (χ1n) is 10.0. The number of hydrogen-bond acceptors (Lipinski definition) is 6. The van der Waals surface area contributed by atoms with Gasteiger partial charge in [-0.2, -0.15) is 0 Å². The zero-order valence-corrected chi connectivity index (χ0v) is 17.6. The normalized spacial score (nSPS) is 15.4. The summed E-state index contributed by atoms with van der Waals surface area (Å²) in [7, 11) is -3.83. The maximum absolute atomic E-state index is 13.1. The van der Waals surface area contributed by atoms with Crippen molar-refractivity contribution in [2.75, 3.05) is 23.1 Å². The number of carbonyl (C=O) groups excluding carboxylic acids is 1. The molecule has 4 rings (SSSR count). The van der Waals surface area contributed by atoms with Crippen LogP contribution < -0.4 is 10.0 Å². The third-order valence-electron chi connectivity index (χ3n) is 5.09. The largest absolute Gasteiger partial charge is 0.324 e. The van der Waals surface area contributed by atoms with Crippen LogP contribution in [0.15, 0.2) is 78.0 Å². The van der Waals surface area contributed by atoms with Gasteiger partial charge in [-0.3, -0.25) is 9.69 Å². The van der Waals surface area contributed by atoms with Crippen LogP contribution in [0.5, 0.6) is 0 Å². The van der Waals surface area contributed by atoms with E-state index in [2.05, 4.69) is 24.9 Å². The SMILES string of the molecule is O=C(Nc1ccc(S(=O)(=O)Nc2ncccn2)cc1)C(c1ccccc1)N1CCCC1. The van der Waals surface area contributed by atoms with Crippen molar-refractivity contribution < 1.29 is 13.2 Å². The van der Waals surface area contributed by atoms with E-state index in [1.807, 2.05) is 30.3 Å². The Labute approximate surface area is 181 Å². The number of benzene rings is 2. The van der Waals surface area contributed by atoms with Gasteiger partial charge < -0.3 is 5.32 Å². The molecule has 1 fully saturated rings. The van der Waals surface area contributed by atoms with Gasteiger partial charge >= 0.3 is 0 Å². The number of sulfonamides is 1. The second kappa shape index (κ2) is 9.23. The maximum atomic E-state index is 13.1. The van der Waals surface area contributed by atoms with Gasteiger partial charge in [0.15, 0.2) is 0 Å². The summed E-state index contributed by atoms with van der Waals surface area (Å²) in [5.74, 6) is -0.143. The molecule has 1 amide bonds. The summed E-state index contributed by atoms with van der Waals surface area (Å²) in [5.41, 5.74) is 1.47. The fourth-order valence-electron chi connectivity index (χ4n) is 3.62. The highest BCUT2D eigenvalue weighted by atomic mass is 32.2. The predicted octanol–water partition coefficient (Wildman–Crippen LogP) is 3.05. The standard InChI is InChI=1S/C22H23N5O3S/c28-21(20(27-15-4-5-16-27)17-7-2-1-3-8-17)25-18-9-11-19(12-10-18)31(29,30)26-22-23-13-6-14-24-22/h1-3,6-14,20H,4-5,15-16H2,(H,25,28)(H,23,24,26). The molecule has 2 aromatic carbocycles. The summed E-state index contributed by atoms with van der Waals surface area (Å²) in [6.07, 6.45) is 5.04. The van der Waals surface area contributed by atoms with Crippen molar-refractivity contribution in [3.05, 3.63) is 78.6 Å². The fourth-order valence-corrected chi connectivity index (χ4v) is 4.58. The Bertz CT molecular complexity index is 1120. The third kappa shape index (κ3) is 5.07. The van der Waals surface area contributed by atoms with Crippen LogP contribution in [0.4, 0.5) is 11.6 Å². The molecule has 160 valence electrons. The number of likely N-dealkylation sites (tertiary alicyclic amines) is 1. The van der Waals surface area contributed by atoms with Crippen LogP contribution in [0, 0.1) is 0 Å². The summed E-state index contributed by atoms with van der Waals surface area (Å²) < 4.78 is 27.4. The van der Waals surface area contributed by atoms with E-state index in [9.17, 15) is 13.2 Å². The average molecular weight is 438 g/mol. The fraction of sp³-hybridized carbons (Fsp3) is 0.227. The number of carbonyl (C=O) groups is 1. The summed E-state index contributed by atoms with van der Waals surface area (Å²) in [6, 6.07) is 16.9. The first kappa shape index (κ1) is 21.0. The molecule has 1 aliphatic heterocycles. The molecule has 1 aromatic heterocycles. The molecular weight excluding hydrogens is 414 g/mol. The Morgan fingerprint density at radius 3 is 2.19 bits per heavy atom. The van der Waals surface area contributed by atoms with Crippen molar-refractivity contribution in [1.82, 2.24) is 14.9 Å². The van der Waals surface area contributed by atoms with Gasteiger partial charge in [-0.15, -0.1) is 0 Å². The summed E-state index contributed by atoms with van der Waals surface area (Å²) in [4.78, 5) is 23.1. The number of hydrogen-bond donors (Lipinski definition) is 2. The van der Waals surface area contributed by atoms with Crippen LogP contribution in [0.1, 0.15) is 24.4 Å². The van der Waals surface area contributed by atoms with Crippen LogP contribution >= 0.6 is 0 Å². The van der Waals surface area contributed by atoms with E-state index in [0.29, 0.717) is 5.69 Å². The second-order valence-corrected chi connectivity index (χ2v) is 8.93. The zero-order valence-electron chi connectivity index (χ0n) is 16.8. The van der Waals surface area contributed by atoms with Gasteiger partial charge in [0.2, 0.25) is 11.9 Å². The lowest BCUT2D eigenvalue weighted by Gasteiger charge is -2.27. The van der Waals surface area contributed by atoms with Gasteiger partial charge in [0.25, 0.3) is 10.0 Å². The molecule has 2 heterocycles. The minimum atomic E-state index is -3.83. The Morgan fingerprint density at radius 1 is 0.903 bits per heavy atom. The van der Waals surface area contributed by atoms with E-state index in [0.717, 1.165) is 31.5 Å². The number of aromatic nitrogens is 2. The van der Waals surface area contributed by atoms with E-state index >= 15 is 0 Å². The van der Waals surface area contributed by atoms with Gasteiger partial charge in [0.1, 0.15) is 6.04 Å². The van der Waals surface area contributed by atoms with E-state index < -0.39 is 10.0 Å². The molecule has 0 radical (unpaired) electrons. The number of nitrogens with zero attached hydrogens (tertiary/aromatic N) is 3. The maximum Gasteiger partial charge on any atom is 0.264 e. The minimum Gasteiger partial charge on any atom is -0.324 e. The zero-order chi connectivity index (χ0) is 21.7. The monoisotopic (exact) mass is 437 g/mol. The van der Waals surface area contributed by atoms with E-state index in [1.165, 1.54) is 24.5 Å². The van der Waals surface area contributed by atoms with E-state index in [-0.39, 0.29) is 22.8 Å². The first-order chi connectivity index (χ1) is 15.0. The molecule has 1 atom stereocenters. The van der Waals surface area contributed by atoms with Crippen molar-refractivity contribution in [2.24, 2.45) is 0 Å². The molecule has 8 nitrogen and oxygen atoms in total. The van der Waals surface area contributed by atoms with Crippen LogP contribution in [-0.4, -0.2) is 42.3 Å². The Balaban J connectivity index is 1.49. The van der Waals surface area contributed by atoms with Crippen molar-refractivity contribution in [1.29, 1.82) is 0 Å². The van der Waals surface area contributed by atoms with Crippen molar-refractivity contribution in [2.45, 2.75) is 23.8 Å². The highest BCUT2D eigenvalue weighted by molar-refractivity contribution is 7.92. The minimum absolute atomic E-state index is 0.00352. The summed E-state index contributed by atoms with van der Waals surface area (Å²) in [5, 5.41) is 2.93. The summed E-state index contributed by atoms with van der Waals surface area (Å²) in [6.45, 7) is 1.74. The molecule has 1 aliphatic rings. The Kier molecular flexibility index (Phi) is 6.24. The van der Waals surface area contributed by atoms with E-state index in [1.54, 1.807) is 18.2 Å². The molecule has 0 bridgehead atoms. The number of amides is 1. The van der Waals surface area contributed by atoms with Gasteiger partial charge in [0, 0.05) is 18.1 Å². The predicted molar refractivity (Wildman–Crippen MR) is 118 cm³/mol. The third-order valence-corrected chi connectivity index (χ3v) is 6.44. The van der Waals surface area contributed by atoms with Crippen molar-refractivity contribution in [3.8, 4) is 0 Å². The van der Waals surface area contributed by atoms with Gasteiger partial charge in [-0.1, -0.05) is 30.3 Å². The molecule has 9 heteroatoms. The summed E-state index contributed by atoms with van der Waals surface area (Å²) >= 11 is 0. The molecule has 0 aliphatic carbocycles. The van der Waals surface area contributed by atoms with Crippen molar-refractivity contribution >= 4 is 27.6 Å². The van der Waals surface area contributed by atoms with Crippen LogP contribution in [-0.2, 0) is 14.8 Å². The Hall–Kier alpha value is -3.30. The molecule has 3 aromatic rings. The molecule has 1 saturated heterocycles. The number of anilines is 2. The lowest BCUT2D eigenvalue weighted by atomic mass is 10.0.